The third-order valence-electron chi connectivity index (χ3n) is 2.56. The first-order chi connectivity index (χ1) is 9.58. The molecule has 1 aromatic heterocycles. The molecule has 0 aliphatic heterocycles. The van der Waals surface area contributed by atoms with E-state index in [9.17, 15) is 18.8 Å². The third kappa shape index (κ3) is 3.16. The lowest BCUT2D eigenvalue weighted by Crippen LogP contribution is -2.36. The molecule has 8 heteroatoms. The topological polar surface area (TPSA) is 108 Å². The van der Waals surface area contributed by atoms with Gasteiger partial charge in [0.15, 0.2) is 0 Å². The molecule has 0 bridgehead atoms. The Kier molecular flexibility index (Phi) is 4.04. The monoisotopic (exact) mass is 278 g/mol. The van der Waals surface area contributed by atoms with Crippen molar-refractivity contribution in [2.75, 3.05) is 6.54 Å². The highest BCUT2D eigenvalue weighted by molar-refractivity contribution is 5.91. The van der Waals surface area contributed by atoms with Crippen molar-refractivity contribution in [2.45, 2.75) is 6.42 Å². The van der Waals surface area contributed by atoms with Crippen molar-refractivity contribution >= 4 is 5.91 Å². The van der Waals surface area contributed by atoms with Gasteiger partial charge in [-0.15, -0.1) is 0 Å². The summed E-state index contributed by atoms with van der Waals surface area (Å²) in [4.78, 5) is 35.6. The fourth-order valence-electron chi connectivity index (χ4n) is 1.60. The van der Waals surface area contributed by atoms with E-state index in [-0.39, 0.29) is 18.8 Å². The fraction of sp³-hybridized carbons (Fsp3) is 0.167. The minimum absolute atomic E-state index is 0.139. The zero-order valence-electron chi connectivity index (χ0n) is 10.3. The van der Waals surface area contributed by atoms with Crippen LogP contribution in [-0.2, 0) is 6.42 Å². The number of aromatic amines is 2. The standard InChI is InChI=1S/C12H11FN4O3/c13-8-4-2-1-3-7(8)5-6-14-10(18)9-11(19)15-12(20)17-16-9/h1-4H,5-6H2,(H,14,18)(H2,15,17,19,20). The molecule has 1 aromatic carbocycles. The number of nitrogens with zero attached hydrogens (tertiary/aromatic N) is 1. The predicted octanol–water partition coefficient (Wildman–Crippen LogP) is -0.430. The molecule has 0 fully saturated rings. The molecule has 1 heterocycles. The molecule has 0 saturated heterocycles. The summed E-state index contributed by atoms with van der Waals surface area (Å²) in [7, 11) is 0. The summed E-state index contributed by atoms with van der Waals surface area (Å²) >= 11 is 0. The Balaban J connectivity index is 1.98. The fourth-order valence-corrected chi connectivity index (χ4v) is 1.60. The molecule has 2 rings (SSSR count). The van der Waals surface area contributed by atoms with Crippen molar-refractivity contribution < 1.29 is 9.18 Å². The maximum Gasteiger partial charge on any atom is 0.342 e. The molecule has 0 spiro atoms. The summed E-state index contributed by atoms with van der Waals surface area (Å²) in [5, 5.41) is 7.74. The van der Waals surface area contributed by atoms with Crippen LogP contribution in [0.4, 0.5) is 4.39 Å². The van der Waals surface area contributed by atoms with E-state index < -0.39 is 22.9 Å². The average Bonchev–Trinajstić information content (AvgIpc) is 2.40. The Bertz CT molecular complexity index is 738. The van der Waals surface area contributed by atoms with Crippen LogP contribution in [0.25, 0.3) is 0 Å². The van der Waals surface area contributed by atoms with Gasteiger partial charge >= 0.3 is 5.69 Å². The summed E-state index contributed by atoms with van der Waals surface area (Å²) in [5.41, 5.74) is -1.66. The first-order valence-corrected chi connectivity index (χ1v) is 5.78. The summed E-state index contributed by atoms with van der Waals surface area (Å²) in [5.74, 6) is -1.10. The summed E-state index contributed by atoms with van der Waals surface area (Å²) in [6.07, 6.45) is 0.277. The van der Waals surface area contributed by atoms with Gasteiger partial charge in [-0.1, -0.05) is 18.2 Å². The lowest BCUT2D eigenvalue weighted by molar-refractivity contribution is 0.0946. The third-order valence-corrected chi connectivity index (χ3v) is 2.56. The van der Waals surface area contributed by atoms with E-state index in [0.29, 0.717) is 5.56 Å². The molecular weight excluding hydrogens is 267 g/mol. The number of aromatic nitrogens is 3. The average molecular weight is 278 g/mol. The van der Waals surface area contributed by atoms with Crippen molar-refractivity contribution in [1.82, 2.24) is 20.5 Å². The smallest absolute Gasteiger partial charge is 0.342 e. The van der Waals surface area contributed by atoms with Gasteiger partial charge in [0, 0.05) is 6.54 Å². The first kappa shape index (κ1) is 13.7. The number of benzene rings is 1. The van der Waals surface area contributed by atoms with E-state index >= 15 is 0 Å². The van der Waals surface area contributed by atoms with Gasteiger partial charge in [0.1, 0.15) is 5.82 Å². The second-order valence-corrected chi connectivity index (χ2v) is 3.95. The Labute approximate surface area is 111 Å². The number of hydrogen-bond donors (Lipinski definition) is 3. The highest BCUT2D eigenvalue weighted by atomic mass is 19.1. The zero-order chi connectivity index (χ0) is 14.5. The number of hydrogen-bond acceptors (Lipinski definition) is 4. The van der Waals surface area contributed by atoms with Crippen molar-refractivity contribution in [1.29, 1.82) is 0 Å². The number of amides is 1. The molecule has 0 saturated carbocycles. The van der Waals surface area contributed by atoms with Gasteiger partial charge in [-0.25, -0.2) is 14.3 Å². The lowest BCUT2D eigenvalue weighted by atomic mass is 10.1. The SMILES string of the molecule is O=C(NCCc1ccccc1F)c1n[nH]c(=O)[nH]c1=O. The second-order valence-electron chi connectivity index (χ2n) is 3.95. The molecule has 3 N–H and O–H groups in total. The van der Waals surface area contributed by atoms with Crippen LogP contribution in [0, 0.1) is 5.82 Å². The van der Waals surface area contributed by atoms with Crippen molar-refractivity contribution in [2.24, 2.45) is 0 Å². The lowest BCUT2D eigenvalue weighted by Gasteiger charge is -2.04. The van der Waals surface area contributed by atoms with Gasteiger partial charge in [0.25, 0.3) is 11.5 Å². The summed E-state index contributed by atoms with van der Waals surface area (Å²) in [6.45, 7) is 0.139. The molecule has 0 aliphatic rings. The van der Waals surface area contributed by atoms with Crippen LogP contribution in [0.3, 0.4) is 0 Å². The number of carbonyl (C=O) groups is 1. The maximum absolute atomic E-state index is 13.3. The van der Waals surface area contributed by atoms with Crippen LogP contribution < -0.4 is 16.6 Å². The van der Waals surface area contributed by atoms with Gasteiger partial charge < -0.3 is 5.32 Å². The van der Waals surface area contributed by atoms with E-state index in [0.717, 1.165) is 0 Å². The van der Waals surface area contributed by atoms with Crippen molar-refractivity contribution in [3.05, 3.63) is 62.2 Å². The van der Waals surface area contributed by atoms with Crippen LogP contribution in [0.5, 0.6) is 0 Å². The zero-order valence-corrected chi connectivity index (χ0v) is 10.3. The molecule has 2 aromatic rings. The van der Waals surface area contributed by atoms with Crippen LogP contribution in [0.2, 0.25) is 0 Å². The number of nitrogens with one attached hydrogen (secondary N) is 3. The highest BCUT2D eigenvalue weighted by Gasteiger charge is 2.12. The van der Waals surface area contributed by atoms with Crippen molar-refractivity contribution in [3.63, 3.8) is 0 Å². The van der Waals surface area contributed by atoms with Crippen LogP contribution in [-0.4, -0.2) is 27.6 Å². The molecule has 7 nitrogen and oxygen atoms in total. The highest BCUT2D eigenvalue weighted by Crippen LogP contribution is 2.06. The molecule has 0 aliphatic carbocycles. The van der Waals surface area contributed by atoms with Crippen LogP contribution in [0.15, 0.2) is 33.9 Å². The van der Waals surface area contributed by atoms with Gasteiger partial charge in [0.2, 0.25) is 5.69 Å². The van der Waals surface area contributed by atoms with Crippen LogP contribution in [0.1, 0.15) is 16.1 Å². The Hall–Kier alpha value is -2.77. The predicted molar refractivity (Wildman–Crippen MR) is 67.9 cm³/mol. The van der Waals surface area contributed by atoms with E-state index in [1.807, 2.05) is 10.1 Å². The molecule has 0 unspecified atom stereocenters. The second kappa shape index (κ2) is 5.91. The number of halogens is 1. The van der Waals surface area contributed by atoms with Gasteiger partial charge in [-0.05, 0) is 18.1 Å². The molecule has 20 heavy (non-hydrogen) atoms. The first-order valence-electron chi connectivity index (χ1n) is 5.78. The molecule has 1 amide bonds. The maximum atomic E-state index is 13.3. The summed E-state index contributed by atoms with van der Waals surface area (Å²) in [6, 6.07) is 6.19. The molecule has 104 valence electrons. The van der Waals surface area contributed by atoms with Crippen LogP contribution >= 0.6 is 0 Å². The number of carbonyl (C=O) groups excluding carboxylic acids is 1. The Morgan fingerprint density at radius 2 is 2.05 bits per heavy atom. The van der Waals surface area contributed by atoms with Gasteiger partial charge in [0.05, 0.1) is 0 Å². The van der Waals surface area contributed by atoms with Gasteiger partial charge in [-0.2, -0.15) is 5.10 Å². The minimum atomic E-state index is -0.878. The minimum Gasteiger partial charge on any atom is -0.350 e. The van der Waals surface area contributed by atoms with E-state index in [4.69, 9.17) is 0 Å². The van der Waals surface area contributed by atoms with E-state index in [1.54, 1.807) is 18.2 Å². The normalized spacial score (nSPS) is 10.2. The van der Waals surface area contributed by atoms with Crippen molar-refractivity contribution in [3.8, 4) is 0 Å². The molecule has 0 atom stereocenters. The molecular formula is C12H11FN4O3. The number of rotatable bonds is 4. The number of H-pyrrole nitrogens is 2. The quantitative estimate of drug-likeness (QED) is 0.705. The largest absolute Gasteiger partial charge is 0.350 e. The van der Waals surface area contributed by atoms with E-state index in [2.05, 4.69) is 10.4 Å². The Morgan fingerprint density at radius 3 is 2.75 bits per heavy atom. The Morgan fingerprint density at radius 1 is 1.30 bits per heavy atom. The molecule has 0 radical (unpaired) electrons. The summed E-state index contributed by atoms with van der Waals surface area (Å²) < 4.78 is 13.3. The van der Waals surface area contributed by atoms with Gasteiger partial charge in [-0.3, -0.25) is 14.6 Å². The van der Waals surface area contributed by atoms with E-state index in [1.165, 1.54) is 6.07 Å².